The Morgan fingerprint density at radius 3 is 1.47 bits per heavy atom. The monoisotopic (exact) mass is 795 g/mol. The maximum absolute atomic E-state index is 12.9. The summed E-state index contributed by atoms with van der Waals surface area (Å²) in [5.41, 5.74) is 0. The Bertz CT molecular complexity index is 927. The van der Waals surface area contributed by atoms with Gasteiger partial charge in [-0.2, -0.15) is 0 Å². The summed E-state index contributed by atoms with van der Waals surface area (Å²) >= 11 is 0. The summed E-state index contributed by atoms with van der Waals surface area (Å²) in [4.78, 5) is 12.9. The third kappa shape index (κ3) is 20.5. The van der Waals surface area contributed by atoms with Gasteiger partial charge in [0.25, 0.3) is 0 Å². The lowest BCUT2D eigenvalue weighted by Crippen LogP contribution is -2.61. The Hall–Kier alpha value is -1.01. The van der Waals surface area contributed by atoms with Crippen LogP contribution in [-0.2, 0) is 33.2 Å². The zero-order chi connectivity index (χ0) is 40.3. The van der Waals surface area contributed by atoms with Crippen LogP contribution in [0.2, 0.25) is 0 Å². The number of carbonyl (C=O) groups is 1. The van der Waals surface area contributed by atoms with Crippen molar-refractivity contribution >= 4 is 5.97 Å². The summed E-state index contributed by atoms with van der Waals surface area (Å²) in [6.45, 7) is 3.66. The van der Waals surface area contributed by atoms with Crippen LogP contribution in [0.15, 0.2) is 0 Å². The van der Waals surface area contributed by atoms with Crippen LogP contribution in [0.5, 0.6) is 0 Å². The molecule has 7 N–H and O–H groups in total. The molecule has 14 nitrogen and oxygen atoms in total. The molecule has 326 valence electrons. The van der Waals surface area contributed by atoms with E-state index in [1.165, 1.54) is 89.9 Å². The van der Waals surface area contributed by atoms with Gasteiger partial charge in [0.05, 0.1) is 26.4 Å². The van der Waals surface area contributed by atoms with Crippen molar-refractivity contribution < 1.29 is 69.0 Å². The van der Waals surface area contributed by atoms with Crippen LogP contribution in [0.25, 0.3) is 0 Å². The standard InChI is InChI=1S/C41H78O14/c1-3-5-7-9-11-13-15-16-18-20-22-24-33(43)53-30(27-50-25-23-21-19-17-14-12-10-8-6-4-2)28-51-40-39(49)37(47)35(45)32(55-40)29-52-41-38(48)36(46)34(44)31(26-42)54-41/h30-32,34-42,44-49H,3-29H2,1-2H3. The Balaban J connectivity index is 1.84. The van der Waals surface area contributed by atoms with Crippen molar-refractivity contribution in [2.75, 3.05) is 33.0 Å². The molecule has 11 atom stereocenters. The molecule has 14 heteroatoms. The van der Waals surface area contributed by atoms with Gasteiger partial charge in [0.1, 0.15) is 54.9 Å². The number of esters is 1. The smallest absolute Gasteiger partial charge is 0.306 e. The molecule has 2 aliphatic heterocycles. The zero-order valence-electron chi connectivity index (χ0n) is 33.9. The summed E-state index contributed by atoms with van der Waals surface area (Å²) in [7, 11) is 0. The fourth-order valence-corrected chi connectivity index (χ4v) is 6.99. The lowest BCUT2D eigenvalue weighted by molar-refractivity contribution is -0.332. The van der Waals surface area contributed by atoms with Crippen LogP contribution in [-0.4, -0.2) is 142 Å². The number of hydrogen-bond acceptors (Lipinski definition) is 14. The summed E-state index contributed by atoms with van der Waals surface area (Å²) in [5.74, 6) is -0.376. The molecule has 2 rings (SSSR count). The first-order valence-electron chi connectivity index (χ1n) is 21.6. The minimum absolute atomic E-state index is 0.0685. The third-order valence-electron chi connectivity index (χ3n) is 10.6. The molecule has 0 spiro atoms. The highest BCUT2D eigenvalue weighted by atomic mass is 16.7. The molecule has 0 aliphatic carbocycles. The van der Waals surface area contributed by atoms with E-state index in [0.717, 1.165) is 38.5 Å². The predicted molar refractivity (Wildman–Crippen MR) is 206 cm³/mol. The second-order valence-electron chi connectivity index (χ2n) is 15.5. The molecule has 0 bridgehead atoms. The number of aliphatic hydroxyl groups is 7. The molecular weight excluding hydrogens is 716 g/mol. The van der Waals surface area contributed by atoms with Crippen molar-refractivity contribution in [2.24, 2.45) is 0 Å². The van der Waals surface area contributed by atoms with Gasteiger partial charge in [0, 0.05) is 13.0 Å². The molecule has 0 amide bonds. The molecule has 0 aromatic heterocycles. The fraction of sp³-hybridized carbons (Fsp3) is 0.976. The third-order valence-corrected chi connectivity index (χ3v) is 10.6. The van der Waals surface area contributed by atoms with Crippen molar-refractivity contribution in [3.63, 3.8) is 0 Å². The van der Waals surface area contributed by atoms with Crippen molar-refractivity contribution in [1.29, 1.82) is 0 Å². The molecule has 55 heavy (non-hydrogen) atoms. The molecule has 2 saturated heterocycles. The number of hydrogen-bond donors (Lipinski definition) is 7. The highest BCUT2D eigenvalue weighted by molar-refractivity contribution is 5.69. The summed E-state index contributed by atoms with van der Waals surface area (Å²) < 4.78 is 34.0. The second kappa shape index (κ2) is 31.0. The molecular formula is C41H78O14. The van der Waals surface area contributed by atoms with Crippen molar-refractivity contribution in [3.05, 3.63) is 0 Å². The molecule has 11 unspecified atom stereocenters. The van der Waals surface area contributed by atoms with E-state index in [4.69, 9.17) is 28.4 Å². The highest BCUT2D eigenvalue weighted by Crippen LogP contribution is 2.26. The van der Waals surface area contributed by atoms with Crippen molar-refractivity contribution in [1.82, 2.24) is 0 Å². The minimum Gasteiger partial charge on any atom is -0.457 e. The number of unbranched alkanes of at least 4 members (excludes halogenated alkanes) is 19. The normalized spacial score (nSPS) is 29.0. The van der Waals surface area contributed by atoms with Gasteiger partial charge >= 0.3 is 5.97 Å². The molecule has 0 radical (unpaired) electrons. The molecule has 2 aliphatic rings. The van der Waals surface area contributed by atoms with Crippen LogP contribution in [0.4, 0.5) is 0 Å². The SMILES string of the molecule is CCCCCCCCCCCCCC(=O)OC(COCCCCCCCCCCCC)COC1OC(COC2OC(CO)C(O)C(O)C2O)C(O)C(O)C1O. The average Bonchev–Trinajstić information content (AvgIpc) is 3.18. The molecule has 0 aromatic carbocycles. The van der Waals surface area contributed by atoms with Crippen LogP contribution in [0, 0.1) is 0 Å². The predicted octanol–water partition coefficient (Wildman–Crippen LogP) is 4.18. The van der Waals surface area contributed by atoms with Gasteiger partial charge in [0.15, 0.2) is 12.6 Å². The molecule has 2 fully saturated rings. The van der Waals surface area contributed by atoms with Gasteiger partial charge in [-0.1, -0.05) is 136 Å². The second-order valence-corrected chi connectivity index (χ2v) is 15.5. The molecule has 2 heterocycles. The van der Waals surface area contributed by atoms with E-state index in [2.05, 4.69) is 13.8 Å². The van der Waals surface area contributed by atoms with Crippen LogP contribution >= 0.6 is 0 Å². The van der Waals surface area contributed by atoms with E-state index < -0.39 is 80.7 Å². The Labute approximate surface area is 330 Å². The average molecular weight is 795 g/mol. The first kappa shape index (κ1) is 50.1. The van der Waals surface area contributed by atoms with Gasteiger partial charge in [0.2, 0.25) is 0 Å². The fourth-order valence-electron chi connectivity index (χ4n) is 6.99. The van der Waals surface area contributed by atoms with Gasteiger partial charge in [-0.25, -0.2) is 0 Å². The largest absolute Gasteiger partial charge is 0.457 e. The quantitative estimate of drug-likeness (QED) is 0.0367. The highest BCUT2D eigenvalue weighted by Gasteiger charge is 2.47. The number of aliphatic hydroxyl groups excluding tert-OH is 7. The number of carbonyl (C=O) groups excluding carboxylic acids is 1. The Kier molecular flexibility index (Phi) is 28.2. The van der Waals surface area contributed by atoms with E-state index >= 15 is 0 Å². The Morgan fingerprint density at radius 2 is 0.964 bits per heavy atom. The van der Waals surface area contributed by atoms with Gasteiger partial charge in [-0.15, -0.1) is 0 Å². The van der Waals surface area contributed by atoms with Crippen molar-refractivity contribution in [2.45, 2.75) is 223 Å². The van der Waals surface area contributed by atoms with E-state index in [1.807, 2.05) is 0 Å². The summed E-state index contributed by atoms with van der Waals surface area (Å²) in [6, 6.07) is 0. The maximum atomic E-state index is 12.9. The summed E-state index contributed by atoms with van der Waals surface area (Å²) in [6.07, 6.45) is 8.95. The van der Waals surface area contributed by atoms with Crippen molar-refractivity contribution in [3.8, 4) is 0 Å². The summed E-state index contributed by atoms with van der Waals surface area (Å²) in [5, 5.41) is 71.7. The van der Waals surface area contributed by atoms with E-state index in [1.54, 1.807) is 0 Å². The minimum atomic E-state index is -1.70. The number of rotatable bonds is 33. The Morgan fingerprint density at radius 1 is 0.527 bits per heavy atom. The number of ether oxygens (including phenoxy) is 6. The lowest BCUT2D eigenvalue weighted by Gasteiger charge is -2.42. The van der Waals surface area contributed by atoms with Crippen LogP contribution in [0.3, 0.4) is 0 Å². The zero-order valence-corrected chi connectivity index (χ0v) is 33.9. The van der Waals surface area contributed by atoms with E-state index in [-0.39, 0.29) is 25.6 Å². The van der Waals surface area contributed by atoms with Gasteiger partial charge < -0.3 is 64.2 Å². The molecule has 0 aromatic rings. The van der Waals surface area contributed by atoms with Gasteiger partial charge in [-0.05, 0) is 12.8 Å². The lowest BCUT2D eigenvalue weighted by atomic mass is 9.98. The maximum Gasteiger partial charge on any atom is 0.306 e. The van der Waals surface area contributed by atoms with E-state index in [9.17, 15) is 40.5 Å². The van der Waals surface area contributed by atoms with Crippen LogP contribution in [0.1, 0.15) is 155 Å². The topological polar surface area (TPSA) is 214 Å². The first-order valence-corrected chi connectivity index (χ1v) is 21.6. The molecule has 0 saturated carbocycles. The van der Waals surface area contributed by atoms with Gasteiger partial charge in [-0.3, -0.25) is 4.79 Å². The van der Waals surface area contributed by atoms with Crippen LogP contribution < -0.4 is 0 Å². The first-order chi connectivity index (χ1) is 26.6. The van der Waals surface area contributed by atoms with E-state index in [0.29, 0.717) is 13.0 Å².